The molecule has 2 aliphatic heterocycles. The lowest BCUT2D eigenvalue weighted by Crippen LogP contribution is -2.45. The molecule has 3 heterocycles. The van der Waals surface area contributed by atoms with E-state index in [0.29, 0.717) is 17.9 Å². The van der Waals surface area contributed by atoms with Crippen LogP contribution in [-0.2, 0) is 6.54 Å². The predicted molar refractivity (Wildman–Crippen MR) is 108 cm³/mol. The predicted octanol–water partition coefficient (Wildman–Crippen LogP) is 3.53. The molecule has 0 unspecified atom stereocenters. The van der Waals surface area contributed by atoms with Crippen molar-refractivity contribution in [3.8, 4) is 0 Å². The molecular weight excluding hydrogens is 374 g/mol. The van der Waals surface area contributed by atoms with Crippen LogP contribution in [0, 0.1) is 17.0 Å². The van der Waals surface area contributed by atoms with Gasteiger partial charge in [0, 0.05) is 50.4 Å². The zero-order valence-corrected chi connectivity index (χ0v) is 16.6. The van der Waals surface area contributed by atoms with Gasteiger partial charge in [0.15, 0.2) is 11.6 Å². The first kappa shape index (κ1) is 19.8. The summed E-state index contributed by atoms with van der Waals surface area (Å²) in [4.78, 5) is 21.4. The summed E-state index contributed by atoms with van der Waals surface area (Å²) in [7, 11) is 1.78. The van der Waals surface area contributed by atoms with Gasteiger partial charge < -0.3 is 10.2 Å². The second kappa shape index (κ2) is 8.06. The number of hydrogen-bond donors (Lipinski definition) is 1. The Morgan fingerprint density at radius 1 is 1.14 bits per heavy atom. The minimum Gasteiger partial charge on any atom is -0.373 e. The smallest absolute Gasteiger partial charge is 0.254 e. The van der Waals surface area contributed by atoms with Crippen LogP contribution in [0.3, 0.4) is 0 Å². The Hall–Kier alpha value is -2.54. The molecule has 154 valence electrons. The molecule has 2 fully saturated rings. The maximum Gasteiger partial charge on any atom is 0.254 e. The van der Waals surface area contributed by atoms with E-state index >= 15 is 0 Å². The molecule has 5 nitrogen and oxygen atoms in total. The van der Waals surface area contributed by atoms with Gasteiger partial charge in [-0.1, -0.05) is 6.07 Å². The minimum atomic E-state index is -0.814. The fourth-order valence-corrected chi connectivity index (χ4v) is 4.67. The molecule has 2 aromatic rings. The Morgan fingerprint density at radius 2 is 2.00 bits per heavy atom. The van der Waals surface area contributed by atoms with Crippen molar-refractivity contribution in [1.82, 2.24) is 14.8 Å². The Bertz CT molecular complexity index is 906. The SMILES string of the molecule is CNc1cc(C(=O)N2CC[C@@]3(CCCN(Cc4ccc(F)c(F)c4)C3)C2)ccn1. The summed E-state index contributed by atoms with van der Waals surface area (Å²) in [6.07, 6.45) is 4.75. The number of amides is 1. The van der Waals surface area contributed by atoms with E-state index in [2.05, 4.69) is 15.2 Å². The first-order valence-corrected chi connectivity index (χ1v) is 10.1. The largest absolute Gasteiger partial charge is 0.373 e. The van der Waals surface area contributed by atoms with Gasteiger partial charge in [0.25, 0.3) is 5.91 Å². The van der Waals surface area contributed by atoms with E-state index in [4.69, 9.17) is 0 Å². The van der Waals surface area contributed by atoms with Gasteiger partial charge in [0.05, 0.1) is 0 Å². The maximum atomic E-state index is 13.5. The van der Waals surface area contributed by atoms with Crippen molar-refractivity contribution in [1.29, 1.82) is 0 Å². The van der Waals surface area contributed by atoms with E-state index in [-0.39, 0.29) is 11.3 Å². The molecule has 4 rings (SSSR count). The van der Waals surface area contributed by atoms with Crippen LogP contribution in [0.5, 0.6) is 0 Å². The van der Waals surface area contributed by atoms with Gasteiger partial charge in [-0.2, -0.15) is 0 Å². The molecule has 2 saturated heterocycles. The summed E-state index contributed by atoms with van der Waals surface area (Å²) < 4.78 is 26.7. The number of anilines is 1. The monoisotopic (exact) mass is 400 g/mol. The van der Waals surface area contributed by atoms with Crippen LogP contribution >= 0.6 is 0 Å². The maximum absolute atomic E-state index is 13.5. The van der Waals surface area contributed by atoms with Gasteiger partial charge in [-0.3, -0.25) is 9.69 Å². The fourth-order valence-electron chi connectivity index (χ4n) is 4.67. The molecule has 1 N–H and O–H groups in total. The third-order valence-electron chi connectivity index (χ3n) is 6.12. The number of halogens is 2. The van der Waals surface area contributed by atoms with Crippen molar-refractivity contribution < 1.29 is 13.6 Å². The number of likely N-dealkylation sites (tertiary alicyclic amines) is 2. The van der Waals surface area contributed by atoms with Crippen LogP contribution in [0.1, 0.15) is 35.2 Å². The number of nitrogens with one attached hydrogen (secondary N) is 1. The molecule has 1 atom stereocenters. The van der Waals surface area contributed by atoms with Crippen molar-refractivity contribution in [2.24, 2.45) is 5.41 Å². The topological polar surface area (TPSA) is 48.5 Å². The van der Waals surface area contributed by atoms with Crippen LogP contribution in [0.15, 0.2) is 36.5 Å². The second-order valence-corrected chi connectivity index (χ2v) is 8.22. The normalized spacial score (nSPS) is 22.2. The molecule has 0 bridgehead atoms. The van der Waals surface area contributed by atoms with Crippen molar-refractivity contribution in [2.45, 2.75) is 25.8 Å². The summed E-state index contributed by atoms with van der Waals surface area (Å²) in [5, 5.41) is 2.97. The van der Waals surface area contributed by atoms with Gasteiger partial charge >= 0.3 is 0 Å². The van der Waals surface area contributed by atoms with Gasteiger partial charge in [-0.25, -0.2) is 13.8 Å². The van der Waals surface area contributed by atoms with Gasteiger partial charge in [0.1, 0.15) is 5.82 Å². The van der Waals surface area contributed by atoms with Crippen LogP contribution in [-0.4, -0.2) is 53.9 Å². The van der Waals surface area contributed by atoms with Gasteiger partial charge in [-0.15, -0.1) is 0 Å². The van der Waals surface area contributed by atoms with E-state index in [1.807, 2.05) is 4.90 Å². The fraction of sp³-hybridized carbons (Fsp3) is 0.455. The quantitative estimate of drug-likeness (QED) is 0.853. The van der Waals surface area contributed by atoms with Crippen molar-refractivity contribution >= 4 is 11.7 Å². The molecular formula is C22H26F2N4O. The molecule has 1 aromatic carbocycles. The highest BCUT2D eigenvalue weighted by atomic mass is 19.2. The summed E-state index contributed by atoms with van der Waals surface area (Å²) in [5.41, 5.74) is 1.50. The lowest BCUT2D eigenvalue weighted by molar-refractivity contribution is 0.0675. The highest BCUT2D eigenvalue weighted by molar-refractivity contribution is 5.95. The second-order valence-electron chi connectivity index (χ2n) is 8.22. The molecule has 1 spiro atoms. The summed E-state index contributed by atoms with van der Waals surface area (Å²) >= 11 is 0. The van der Waals surface area contributed by atoms with Crippen LogP contribution in [0.25, 0.3) is 0 Å². The average molecular weight is 400 g/mol. The van der Waals surface area contributed by atoms with E-state index in [9.17, 15) is 13.6 Å². The van der Waals surface area contributed by atoms with Gasteiger partial charge in [0.2, 0.25) is 0 Å². The molecule has 0 aliphatic carbocycles. The number of piperidine rings is 1. The lowest BCUT2D eigenvalue weighted by atomic mass is 9.79. The van der Waals surface area contributed by atoms with E-state index in [0.717, 1.165) is 51.0 Å². The average Bonchev–Trinajstić information content (AvgIpc) is 3.13. The van der Waals surface area contributed by atoms with Gasteiger partial charge in [-0.05, 0) is 55.6 Å². The number of nitrogens with zero attached hydrogens (tertiary/aromatic N) is 3. The number of aromatic nitrogens is 1. The first-order chi connectivity index (χ1) is 14.0. The van der Waals surface area contributed by atoms with Crippen molar-refractivity contribution in [3.63, 3.8) is 0 Å². The Balaban J connectivity index is 1.42. The van der Waals surface area contributed by atoms with Crippen LogP contribution in [0.4, 0.5) is 14.6 Å². The Kier molecular flexibility index (Phi) is 5.50. The Morgan fingerprint density at radius 3 is 2.79 bits per heavy atom. The molecule has 0 radical (unpaired) electrons. The number of carbonyl (C=O) groups is 1. The number of benzene rings is 1. The van der Waals surface area contributed by atoms with Crippen molar-refractivity contribution in [2.75, 3.05) is 38.5 Å². The minimum absolute atomic E-state index is 0.0403. The first-order valence-electron chi connectivity index (χ1n) is 10.1. The lowest BCUT2D eigenvalue weighted by Gasteiger charge is -2.40. The summed E-state index contributed by atoms with van der Waals surface area (Å²) in [6.45, 7) is 3.88. The third-order valence-corrected chi connectivity index (χ3v) is 6.12. The summed E-state index contributed by atoms with van der Waals surface area (Å²) in [6, 6.07) is 7.65. The van der Waals surface area contributed by atoms with Crippen molar-refractivity contribution in [3.05, 3.63) is 59.3 Å². The molecule has 1 amide bonds. The molecule has 2 aliphatic rings. The highest BCUT2D eigenvalue weighted by Gasteiger charge is 2.42. The van der Waals surface area contributed by atoms with E-state index in [1.54, 1.807) is 31.4 Å². The van der Waals surface area contributed by atoms with E-state index in [1.165, 1.54) is 12.1 Å². The van der Waals surface area contributed by atoms with Crippen LogP contribution < -0.4 is 5.32 Å². The number of carbonyl (C=O) groups excluding carboxylic acids is 1. The Labute approximate surface area is 169 Å². The highest BCUT2D eigenvalue weighted by Crippen LogP contribution is 2.39. The number of rotatable bonds is 4. The zero-order valence-electron chi connectivity index (χ0n) is 16.6. The standard InChI is InChI=1S/C22H26F2N4O/c1-25-20-12-17(5-8-26-20)21(29)28-10-7-22(15-28)6-2-9-27(14-22)13-16-3-4-18(23)19(24)11-16/h3-5,8,11-12H,2,6-7,9-10,13-15H2,1H3,(H,25,26)/t22-/m1/s1. The molecule has 7 heteroatoms. The third kappa shape index (κ3) is 4.24. The molecule has 29 heavy (non-hydrogen) atoms. The molecule has 0 saturated carbocycles. The van der Waals surface area contributed by atoms with E-state index < -0.39 is 11.6 Å². The number of pyridine rings is 1. The summed E-state index contributed by atoms with van der Waals surface area (Å²) in [5.74, 6) is -0.893. The van der Waals surface area contributed by atoms with Crippen LogP contribution in [0.2, 0.25) is 0 Å². The number of hydrogen-bond acceptors (Lipinski definition) is 4. The molecule has 1 aromatic heterocycles. The zero-order chi connectivity index (χ0) is 20.4.